The van der Waals surface area contributed by atoms with E-state index in [-0.39, 0.29) is 6.04 Å². The lowest BCUT2D eigenvalue weighted by Gasteiger charge is -2.13. The molecule has 0 radical (unpaired) electrons. The van der Waals surface area contributed by atoms with Gasteiger partial charge in [-0.3, -0.25) is 0 Å². The van der Waals surface area contributed by atoms with Gasteiger partial charge >= 0.3 is 0 Å². The molecule has 5 heteroatoms. The monoisotopic (exact) mass is 389 g/mol. The first-order valence-electron chi connectivity index (χ1n) is 5.55. The van der Waals surface area contributed by atoms with E-state index >= 15 is 0 Å². The van der Waals surface area contributed by atoms with Crippen LogP contribution in [0, 0.1) is 0 Å². The maximum atomic E-state index is 6.27. The molecule has 1 aromatic heterocycles. The van der Waals surface area contributed by atoms with Gasteiger partial charge in [0, 0.05) is 9.35 Å². The molecule has 1 atom stereocenters. The van der Waals surface area contributed by atoms with Crippen molar-refractivity contribution >= 4 is 43.2 Å². The summed E-state index contributed by atoms with van der Waals surface area (Å²) in [6.45, 7) is 2.63. The molecule has 0 fully saturated rings. The quantitative estimate of drug-likeness (QED) is 0.819. The van der Waals surface area contributed by atoms with Gasteiger partial charge < -0.3 is 10.5 Å². The van der Waals surface area contributed by atoms with Crippen LogP contribution in [0.4, 0.5) is 0 Å². The van der Waals surface area contributed by atoms with Crippen LogP contribution in [-0.4, -0.2) is 6.61 Å². The highest BCUT2D eigenvalue weighted by Gasteiger charge is 2.14. The van der Waals surface area contributed by atoms with Crippen molar-refractivity contribution in [3.05, 3.63) is 49.0 Å². The Kier molecular flexibility index (Phi) is 4.84. The van der Waals surface area contributed by atoms with E-state index in [9.17, 15) is 0 Å². The predicted molar refractivity (Wildman–Crippen MR) is 83.4 cm³/mol. The van der Waals surface area contributed by atoms with Crippen molar-refractivity contribution in [2.45, 2.75) is 13.0 Å². The molecule has 2 nitrogen and oxygen atoms in total. The molecular formula is C13H13Br2NOS. The van der Waals surface area contributed by atoms with E-state index in [1.54, 1.807) is 11.3 Å². The number of ether oxygens (including phenoxy) is 1. The lowest BCUT2D eigenvalue weighted by molar-refractivity contribution is 0.340. The number of rotatable bonds is 4. The Bertz CT molecular complexity index is 542. The third-order valence-electron chi connectivity index (χ3n) is 2.52. The fourth-order valence-corrected chi connectivity index (χ4v) is 3.71. The maximum absolute atomic E-state index is 6.27. The molecule has 2 N–H and O–H groups in total. The SMILES string of the molecule is CCOc1ccc(C(N)c2ccc(Br)s2)c(Br)c1. The van der Waals surface area contributed by atoms with Gasteiger partial charge in [0.05, 0.1) is 16.4 Å². The van der Waals surface area contributed by atoms with E-state index in [0.717, 1.165) is 24.4 Å². The molecule has 1 heterocycles. The fraction of sp³-hybridized carbons (Fsp3) is 0.231. The summed E-state index contributed by atoms with van der Waals surface area (Å²) in [5.41, 5.74) is 7.34. The number of hydrogen-bond donors (Lipinski definition) is 1. The van der Waals surface area contributed by atoms with Crippen LogP contribution in [0.1, 0.15) is 23.4 Å². The van der Waals surface area contributed by atoms with Crippen LogP contribution in [-0.2, 0) is 0 Å². The third kappa shape index (κ3) is 3.15. The van der Waals surface area contributed by atoms with E-state index < -0.39 is 0 Å². The van der Waals surface area contributed by atoms with E-state index in [4.69, 9.17) is 10.5 Å². The fourth-order valence-electron chi connectivity index (χ4n) is 1.67. The molecule has 18 heavy (non-hydrogen) atoms. The van der Waals surface area contributed by atoms with Gasteiger partial charge in [-0.25, -0.2) is 0 Å². The highest BCUT2D eigenvalue weighted by Crippen LogP contribution is 2.34. The number of hydrogen-bond acceptors (Lipinski definition) is 3. The van der Waals surface area contributed by atoms with Crippen LogP contribution < -0.4 is 10.5 Å². The van der Waals surface area contributed by atoms with Gasteiger partial charge in [-0.1, -0.05) is 22.0 Å². The van der Waals surface area contributed by atoms with Crippen molar-refractivity contribution in [1.29, 1.82) is 0 Å². The first-order valence-corrected chi connectivity index (χ1v) is 7.95. The summed E-state index contributed by atoms with van der Waals surface area (Å²) < 4.78 is 7.53. The lowest BCUT2D eigenvalue weighted by atomic mass is 10.1. The van der Waals surface area contributed by atoms with Gasteiger partial charge in [0.2, 0.25) is 0 Å². The van der Waals surface area contributed by atoms with Gasteiger partial charge in [0.15, 0.2) is 0 Å². The lowest BCUT2D eigenvalue weighted by Crippen LogP contribution is -2.10. The molecule has 2 rings (SSSR count). The molecule has 0 aliphatic heterocycles. The van der Waals surface area contributed by atoms with Gasteiger partial charge in [-0.05, 0) is 52.7 Å². The van der Waals surface area contributed by atoms with E-state index in [1.165, 1.54) is 0 Å². The minimum absolute atomic E-state index is 0.119. The van der Waals surface area contributed by atoms with Crippen LogP contribution in [0.25, 0.3) is 0 Å². The van der Waals surface area contributed by atoms with E-state index in [2.05, 4.69) is 31.9 Å². The molecule has 0 bridgehead atoms. The molecule has 96 valence electrons. The smallest absolute Gasteiger partial charge is 0.120 e. The molecule has 0 saturated carbocycles. The highest BCUT2D eigenvalue weighted by atomic mass is 79.9. The minimum Gasteiger partial charge on any atom is -0.494 e. The summed E-state index contributed by atoms with van der Waals surface area (Å²) in [5, 5.41) is 0. The Morgan fingerprint density at radius 3 is 2.61 bits per heavy atom. The zero-order valence-corrected chi connectivity index (χ0v) is 13.8. The largest absolute Gasteiger partial charge is 0.494 e. The first-order chi connectivity index (χ1) is 8.61. The summed E-state index contributed by atoms with van der Waals surface area (Å²) in [6, 6.07) is 9.86. The molecular weight excluding hydrogens is 378 g/mol. The van der Waals surface area contributed by atoms with Crippen molar-refractivity contribution < 1.29 is 4.74 Å². The van der Waals surface area contributed by atoms with Gasteiger partial charge in [0.25, 0.3) is 0 Å². The number of nitrogens with two attached hydrogens (primary N) is 1. The molecule has 0 saturated heterocycles. The maximum Gasteiger partial charge on any atom is 0.120 e. The van der Waals surface area contributed by atoms with Crippen LogP contribution in [0.2, 0.25) is 0 Å². The minimum atomic E-state index is -0.119. The number of benzene rings is 1. The summed E-state index contributed by atoms with van der Waals surface area (Å²) in [7, 11) is 0. The van der Waals surface area contributed by atoms with Crippen molar-refractivity contribution in [3.8, 4) is 5.75 Å². The second kappa shape index (κ2) is 6.19. The zero-order valence-electron chi connectivity index (χ0n) is 9.82. The van der Waals surface area contributed by atoms with Crippen molar-refractivity contribution in [2.24, 2.45) is 5.73 Å². The summed E-state index contributed by atoms with van der Waals surface area (Å²) in [4.78, 5) is 1.13. The Hall–Kier alpha value is -0.360. The molecule has 0 aliphatic carbocycles. The summed E-state index contributed by atoms with van der Waals surface area (Å²) in [6.07, 6.45) is 0. The van der Waals surface area contributed by atoms with Crippen molar-refractivity contribution in [3.63, 3.8) is 0 Å². The van der Waals surface area contributed by atoms with E-state index in [1.807, 2.05) is 37.3 Å². The van der Waals surface area contributed by atoms with Crippen molar-refractivity contribution in [2.75, 3.05) is 6.61 Å². The first kappa shape index (κ1) is 14.1. The number of thiophene rings is 1. The van der Waals surface area contributed by atoms with Crippen LogP contribution >= 0.6 is 43.2 Å². The average molecular weight is 391 g/mol. The standard InChI is InChI=1S/C13H13Br2NOS/c1-2-17-8-3-4-9(10(14)7-8)13(16)11-5-6-12(15)18-11/h3-7,13H,2,16H2,1H3. The molecule has 2 aromatic rings. The van der Waals surface area contributed by atoms with E-state index in [0.29, 0.717) is 6.61 Å². The predicted octanol–water partition coefficient (Wildman–Crippen LogP) is 4.72. The van der Waals surface area contributed by atoms with Crippen LogP contribution in [0.5, 0.6) is 5.75 Å². The van der Waals surface area contributed by atoms with Crippen molar-refractivity contribution in [1.82, 2.24) is 0 Å². The van der Waals surface area contributed by atoms with Gasteiger partial charge in [0.1, 0.15) is 5.75 Å². The Balaban J connectivity index is 2.28. The van der Waals surface area contributed by atoms with Gasteiger partial charge in [-0.15, -0.1) is 11.3 Å². The molecule has 1 aromatic carbocycles. The summed E-state index contributed by atoms with van der Waals surface area (Å²) in [5.74, 6) is 0.854. The third-order valence-corrected chi connectivity index (χ3v) is 4.91. The zero-order chi connectivity index (χ0) is 13.1. The Morgan fingerprint density at radius 1 is 1.28 bits per heavy atom. The highest BCUT2D eigenvalue weighted by molar-refractivity contribution is 9.11. The topological polar surface area (TPSA) is 35.2 Å². The molecule has 1 unspecified atom stereocenters. The Labute approximate surface area is 127 Å². The summed E-state index contributed by atoms with van der Waals surface area (Å²) >= 11 is 8.66. The molecule has 0 spiro atoms. The number of halogens is 2. The second-order valence-electron chi connectivity index (χ2n) is 3.74. The van der Waals surface area contributed by atoms with Gasteiger partial charge in [-0.2, -0.15) is 0 Å². The van der Waals surface area contributed by atoms with Crippen LogP contribution in [0.15, 0.2) is 38.6 Å². The molecule has 0 aliphatic rings. The molecule has 0 amide bonds. The Morgan fingerprint density at radius 2 is 2.06 bits per heavy atom. The normalized spacial score (nSPS) is 12.4. The second-order valence-corrected chi connectivity index (χ2v) is 7.08. The average Bonchev–Trinajstić information content (AvgIpc) is 2.76. The van der Waals surface area contributed by atoms with Crippen LogP contribution in [0.3, 0.4) is 0 Å².